The van der Waals surface area contributed by atoms with Gasteiger partial charge in [0.2, 0.25) is 0 Å². The van der Waals surface area contributed by atoms with Crippen molar-refractivity contribution < 1.29 is 35.2 Å². The zero-order valence-electron chi connectivity index (χ0n) is 13.9. The van der Waals surface area contributed by atoms with Crippen LogP contribution in [0.4, 0.5) is 13.2 Å². The second kappa shape index (κ2) is 4.97. The van der Waals surface area contributed by atoms with E-state index in [1.165, 1.54) is 6.07 Å². The fraction of sp³-hybridized carbons (Fsp3) is 0.263. The topological polar surface area (TPSA) is 61.8 Å². The average molecular weight is 408 g/mol. The van der Waals surface area contributed by atoms with Crippen molar-refractivity contribution in [3.63, 3.8) is 0 Å². The summed E-state index contributed by atoms with van der Waals surface area (Å²) in [5.41, 5.74) is -2.62. The third kappa shape index (κ3) is 2.01. The molecule has 4 heterocycles. The molecule has 2 aromatic rings. The van der Waals surface area contributed by atoms with Gasteiger partial charge in [-0.05, 0) is 40.1 Å². The largest absolute Gasteiger partial charge is 0.534 e. The quantitative estimate of drug-likeness (QED) is 0.418. The summed E-state index contributed by atoms with van der Waals surface area (Å²) in [6.07, 6.45) is 5.96. The van der Waals surface area contributed by atoms with Crippen LogP contribution >= 0.6 is 0 Å². The van der Waals surface area contributed by atoms with Crippen molar-refractivity contribution in [2.75, 3.05) is 0 Å². The Morgan fingerprint density at radius 3 is 2.07 bits per heavy atom. The first-order valence-corrected chi connectivity index (χ1v) is 9.96. The molecule has 4 aliphatic heterocycles. The second-order valence-corrected chi connectivity index (χ2v) is 8.65. The zero-order valence-corrected chi connectivity index (χ0v) is 14.8. The van der Waals surface area contributed by atoms with Crippen molar-refractivity contribution in [3.05, 3.63) is 64.8 Å². The minimum absolute atomic E-state index is 0.142. The van der Waals surface area contributed by atoms with Crippen molar-refractivity contribution >= 4 is 20.9 Å². The lowest BCUT2D eigenvalue weighted by molar-refractivity contribution is -0.0500. The molecule has 0 saturated heterocycles. The van der Waals surface area contributed by atoms with Gasteiger partial charge in [-0.25, -0.2) is 0 Å². The molecule has 144 valence electrons. The molecule has 0 N–H and O–H groups in total. The van der Waals surface area contributed by atoms with Crippen LogP contribution in [0.25, 0.3) is 10.8 Å². The number of ether oxygens (including phenoxy) is 2. The Kier molecular flexibility index (Phi) is 2.94. The Labute approximate surface area is 157 Å². The lowest BCUT2D eigenvalue weighted by atomic mass is 9.86. The lowest BCUT2D eigenvalue weighted by Crippen LogP contribution is -2.28. The Hall–Kier alpha value is -2.36. The highest BCUT2D eigenvalue weighted by molar-refractivity contribution is 7.88. The van der Waals surface area contributed by atoms with E-state index in [4.69, 9.17) is 9.47 Å². The maximum Gasteiger partial charge on any atom is 0.534 e. The van der Waals surface area contributed by atoms with E-state index < -0.39 is 27.8 Å². The number of hydrogen-bond donors (Lipinski definition) is 0. The molecule has 6 rings (SSSR count). The molecule has 0 radical (unpaired) electrons. The molecule has 0 aliphatic carbocycles. The third-order valence-electron chi connectivity index (χ3n) is 5.56. The molecule has 0 saturated carbocycles. The highest BCUT2D eigenvalue weighted by Gasteiger charge is 2.50. The third-order valence-corrected chi connectivity index (χ3v) is 6.53. The van der Waals surface area contributed by atoms with E-state index in [1.807, 2.05) is 30.4 Å². The van der Waals surface area contributed by atoms with E-state index in [9.17, 15) is 21.6 Å². The minimum atomic E-state index is -5.79. The molecule has 4 aliphatic rings. The minimum Gasteiger partial charge on any atom is -0.376 e. The van der Waals surface area contributed by atoms with Crippen molar-refractivity contribution in [1.82, 2.24) is 0 Å². The molecule has 2 aromatic carbocycles. The summed E-state index contributed by atoms with van der Waals surface area (Å²) in [6, 6.07) is 5.12. The van der Waals surface area contributed by atoms with Gasteiger partial charge in [-0.3, -0.25) is 0 Å². The Morgan fingerprint density at radius 1 is 0.821 bits per heavy atom. The van der Waals surface area contributed by atoms with Crippen LogP contribution in [0.2, 0.25) is 0 Å². The number of fused-ring (bicyclic) bond motifs is 12. The summed E-state index contributed by atoms with van der Waals surface area (Å²) in [4.78, 5) is 0. The molecule has 4 atom stereocenters. The molecule has 4 unspecified atom stereocenters. The van der Waals surface area contributed by atoms with Crippen LogP contribution in [0.3, 0.4) is 0 Å². The van der Waals surface area contributed by atoms with Crippen LogP contribution < -0.4 is 4.18 Å². The van der Waals surface area contributed by atoms with Crippen molar-refractivity contribution in [2.45, 2.75) is 29.9 Å². The maximum atomic E-state index is 12.9. The molecule has 5 nitrogen and oxygen atoms in total. The molecule has 0 amide bonds. The number of alkyl halides is 3. The first-order valence-electron chi connectivity index (χ1n) is 8.55. The van der Waals surface area contributed by atoms with E-state index in [0.717, 1.165) is 16.5 Å². The second-order valence-electron chi connectivity index (χ2n) is 7.11. The van der Waals surface area contributed by atoms with Crippen molar-refractivity contribution in [2.24, 2.45) is 0 Å². The smallest absolute Gasteiger partial charge is 0.376 e. The first-order chi connectivity index (χ1) is 13.2. The van der Waals surface area contributed by atoms with Crippen molar-refractivity contribution in [3.8, 4) is 5.75 Å². The van der Waals surface area contributed by atoms with Crippen LogP contribution in [-0.4, -0.2) is 13.9 Å². The van der Waals surface area contributed by atoms with Gasteiger partial charge in [-0.1, -0.05) is 24.3 Å². The number of benzene rings is 2. The summed E-state index contributed by atoms with van der Waals surface area (Å²) < 4.78 is 78.0. The zero-order chi connectivity index (χ0) is 19.4. The summed E-state index contributed by atoms with van der Waals surface area (Å²) in [6.45, 7) is 0. The summed E-state index contributed by atoms with van der Waals surface area (Å²) in [7, 11) is -5.79. The predicted molar refractivity (Wildman–Crippen MR) is 91.0 cm³/mol. The van der Waals surface area contributed by atoms with Crippen LogP contribution in [0.15, 0.2) is 42.5 Å². The van der Waals surface area contributed by atoms with Gasteiger partial charge < -0.3 is 13.7 Å². The first kappa shape index (κ1) is 16.6. The molecule has 0 aromatic heterocycles. The molecule has 4 bridgehead atoms. The van der Waals surface area contributed by atoms with Gasteiger partial charge in [-0.2, -0.15) is 21.6 Å². The van der Waals surface area contributed by atoms with E-state index >= 15 is 0 Å². The highest BCUT2D eigenvalue weighted by Crippen LogP contribution is 2.55. The van der Waals surface area contributed by atoms with Gasteiger partial charge in [0.1, 0.15) is 30.2 Å². The normalized spacial score (nSPS) is 29.0. The summed E-state index contributed by atoms with van der Waals surface area (Å²) in [5, 5.41) is 1.38. The fourth-order valence-electron chi connectivity index (χ4n) is 4.41. The van der Waals surface area contributed by atoms with Crippen molar-refractivity contribution in [1.29, 1.82) is 0 Å². The van der Waals surface area contributed by atoms with Gasteiger partial charge in [0, 0.05) is 11.1 Å². The fourth-order valence-corrected chi connectivity index (χ4v) is 4.88. The van der Waals surface area contributed by atoms with E-state index in [-0.39, 0.29) is 18.0 Å². The SMILES string of the molecule is O=S(=O)(Oc1cc2cc3c(cc2c2c1C1C=CC2O1)C1C=CC3O1)C(F)(F)F. The van der Waals surface area contributed by atoms with E-state index in [2.05, 4.69) is 4.18 Å². The maximum absolute atomic E-state index is 12.9. The Balaban J connectivity index is 1.60. The number of hydrogen-bond acceptors (Lipinski definition) is 5. The Morgan fingerprint density at radius 2 is 1.39 bits per heavy atom. The average Bonchev–Trinajstić information content (AvgIpc) is 3.39. The van der Waals surface area contributed by atoms with Gasteiger partial charge >= 0.3 is 15.6 Å². The molecule has 9 heteroatoms. The molecule has 0 fully saturated rings. The molecule has 28 heavy (non-hydrogen) atoms. The van der Waals surface area contributed by atoms with E-state index in [0.29, 0.717) is 16.5 Å². The number of rotatable bonds is 2. The monoisotopic (exact) mass is 408 g/mol. The molecular weight excluding hydrogens is 397 g/mol. The van der Waals surface area contributed by atoms with Gasteiger partial charge in [0.05, 0.1) is 0 Å². The van der Waals surface area contributed by atoms with Crippen LogP contribution in [0.5, 0.6) is 5.75 Å². The highest BCUT2D eigenvalue weighted by atomic mass is 32.2. The predicted octanol–water partition coefficient (Wildman–Crippen LogP) is 4.43. The standard InChI is InChI=1S/C19H11F3O5S/c20-19(21,22)28(23,24)27-16-6-8-5-10-11(13-2-1-12(10)25-13)7-9(8)17-14-3-4-15(26-14)18(16)17/h1-7,12-15H. The van der Waals surface area contributed by atoms with Crippen LogP contribution in [0.1, 0.15) is 46.7 Å². The Bertz CT molecular complexity index is 1230. The summed E-state index contributed by atoms with van der Waals surface area (Å²) in [5.74, 6) is -0.351. The molecular formula is C19H11F3O5S. The van der Waals surface area contributed by atoms with E-state index in [1.54, 1.807) is 6.08 Å². The van der Waals surface area contributed by atoms with Gasteiger partial charge in [0.15, 0.2) is 0 Å². The van der Waals surface area contributed by atoms with Crippen LogP contribution in [-0.2, 0) is 19.6 Å². The van der Waals surface area contributed by atoms with Gasteiger partial charge in [-0.15, -0.1) is 0 Å². The summed E-state index contributed by atoms with van der Waals surface area (Å²) >= 11 is 0. The molecule has 0 spiro atoms. The van der Waals surface area contributed by atoms with Crippen LogP contribution in [0, 0.1) is 0 Å². The lowest BCUT2D eigenvalue weighted by Gasteiger charge is -2.19. The van der Waals surface area contributed by atoms with Gasteiger partial charge in [0.25, 0.3) is 0 Å². The number of halogens is 3.